The maximum absolute atomic E-state index is 14.8. The molecule has 6 aliphatic rings. The van der Waals surface area contributed by atoms with Crippen LogP contribution in [-0.4, -0.2) is 137 Å². The highest BCUT2D eigenvalue weighted by Crippen LogP contribution is 2.52. The number of amides is 3. The number of carbonyl (C=O) groups excluding carboxylic acids is 3. The van der Waals surface area contributed by atoms with Gasteiger partial charge in [-0.3, -0.25) is 24.5 Å². The molecule has 5 fully saturated rings. The van der Waals surface area contributed by atoms with Gasteiger partial charge in [0.15, 0.2) is 5.17 Å². The number of alkyl carbamates (subject to hydrolysis) is 1. The van der Waals surface area contributed by atoms with E-state index in [2.05, 4.69) is 34.7 Å². The number of carbonyl (C=O) groups is 4. The highest BCUT2D eigenvalue weighted by Gasteiger charge is 2.61. The van der Waals surface area contributed by atoms with Gasteiger partial charge in [-0.1, -0.05) is 45.9 Å². The maximum atomic E-state index is 14.8. The second kappa shape index (κ2) is 18.0. The zero-order chi connectivity index (χ0) is 43.9. The van der Waals surface area contributed by atoms with Gasteiger partial charge in [-0.2, -0.15) is 0 Å². The maximum Gasteiger partial charge on any atom is 0.408 e. The molecule has 62 heavy (non-hydrogen) atoms. The number of likely N-dealkylation sites (tertiary alicyclic amines) is 1. The van der Waals surface area contributed by atoms with Crippen molar-refractivity contribution in [3.63, 3.8) is 0 Å². The van der Waals surface area contributed by atoms with E-state index in [1.165, 1.54) is 11.3 Å². The van der Waals surface area contributed by atoms with Crippen LogP contribution in [0.2, 0.25) is 0 Å². The zero-order valence-electron chi connectivity index (χ0n) is 36.8. The minimum atomic E-state index is -1.39. The fourth-order valence-corrected chi connectivity index (χ4v) is 10.6. The Kier molecular flexibility index (Phi) is 12.9. The van der Waals surface area contributed by atoms with E-state index in [9.17, 15) is 24.3 Å². The second-order valence-corrected chi connectivity index (χ2v) is 20.4. The van der Waals surface area contributed by atoms with E-state index in [0.717, 1.165) is 43.0 Å². The third-order valence-electron chi connectivity index (χ3n) is 13.3. The first-order valence-electron chi connectivity index (χ1n) is 22.4. The molecule has 8 rings (SSSR count). The molecule has 9 atom stereocenters. The fraction of sp³-hybridized carbons (Fsp3) is 0.689. The minimum Gasteiger partial charge on any atom is -0.492 e. The number of carboxylic acid groups (broad SMARTS) is 1. The molecule has 2 aromatic rings. The molecule has 0 radical (unpaired) electrons. The number of aliphatic imine (C=N–C) groups is 1. The zero-order valence-corrected chi connectivity index (χ0v) is 37.6. The average Bonchev–Trinajstić information content (AvgIpc) is 3.89. The Morgan fingerprint density at radius 1 is 1.05 bits per heavy atom. The van der Waals surface area contributed by atoms with E-state index in [1.54, 1.807) is 11.8 Å². The molecule has 338 valence electrons. The number of aromatic nitrogens is 1. The molecule has 1 aromatic heterocycles. The topological polar surface area (TPSA) is 193 Å². The number of nitrogens with zero attached hydrogens (tertiary/aromatic N) is 4. The summed E-state index contributed by atoms with van der Waals surface area (Å²) in [5, 5.41) is 20.9. The molecule has 1 aromatic carbocycles. The number of morpholine rings is 1. The molecule has 3 saturated carbocycles. The van der Waals surface area contributed by atoms with Crippen molar-refractivity contribution in [2.45, 2.75) is 122 Å². The summed E-state index contributed by atoms with van der Waals surface area (Å²) in [5.41, 5.74) is -0.788. The predicted molar refractivity (Wildman–Crippen MR) is 234 cm³/mol. The summed E-state index contributed by atoms with van der Waals surface area (Å²) in [7, 11) is 0. The molecule has 4 N–H and O–H groups in total. The number of hydrogen-bond donors (Lipinski definition) is 4. The predicted octanol–water partition coefficient (Wildman–Crippen LogP) is 4.74. The Bertz CT molecular complexity index is 2050. The lowest BCUT2D eigenvalue weighted by Gasteiger charge is -2.35. The quantitative estimate of drug-likeness (QED) is 0.192. The van der Waals surface area contributed by atoms with Gasteiger partial charge in [0.05, 0.1) is 31.0 Å². The number of thioether (sulfide) groups is 1. The second-order valence-electron chi connectivity index (χ2n) is 19.3. The van der Waals surface area contributed by atoms with Crippen LogP contribution in [0.25, 0.3) is 10.9 Å². The van der Waals surface area contributed by atoms with E-state index < -0.39 is 53.0 Å². The van der Waals surface area contributed by atoms with Crippen molar-refractivity contribution < 1.29 is 43.2 Å². The molecular formula is C45H63N7O9S. The Balaban J connectivity index is 1.06. The molecule has 3 aliphatic carbocycles. The van der Waals surface area contributed by atoms with Crippen molar-refractivity contribution in [2.75, 3.05) is 51.8 Å². The number of pyridine rings is 1. The van der Waals surface area contributed by atoms with Crippen molar-refractivity contribution in [1.29, 1.82) is 0 Å². The molecule has 2 saturated heterocycles. The Labute approximate surface area is 368 Å². The Hall–Kier alpha value is -4.35. The molecule has 0 spiro atoms. The summed E-state index contributed by atoms with van der Waals surface area (Å²) in [6, 6.07) is 5.47. The molecule has 3 unspecified atom stereocenters. The third-order valence-corrected chi connectivity index (χ3v) is 14.2. The van der Waals surface area contributed by atoms with Gasteiger partial charge >= 0.3 is 12.1 Å². The number of nitrogens with one attached hydrogen (secondary N) is 3. The molecule has 4 heterocycles. The first-order chi connectivity index (χ1) is 29.6. The summed E-state index contributed by atoms with van der Waals surface area (Å²) in [6.07, 6.45) is 2.33. The Morgan fingerprint density at radius 2 is 1.81 bits per heavy atom. The van der Waals surface area contributed by atoms with E-state index in [-0.39, 0.29) is 37.1 Å². The number of benzene rings is 1. The molecular weight excluding hydrogens is 815 g/mol. The first-order valence-corrected chi connectivity index (χ1v) is 23.4. The third kappa shape index (κ3) is 9.89. The van der Waals surface area contributed by atoms with E-state index in [4.69, 9.17) is 28.9 Å². The van der Waals surface area contributed by atoms with Crippen LogP contribution < -0.4 is 25.4 Å². The monoisotopic (exact) mass is 877 g/mol. The largest absolute Gasteiger partial charge is 0.492 e. The average molecular weight is 878 g/mol. The lowest BCUT2D eigenvalue weighted by Crippen LogP contribution is -2.59. The normalized spacial score (nSPS) is 29.8. The van der Waals surface area contributed by atoms with Gasteiger partial charge < -0.3 is 44.9 Å². The number of aliphatic carboxylic acids is 1. The van der Waals surface area contributed by atoms with Gasteiger partial charge in [0, 0.05) is 55.4 Å². The number of ether oxygens (including phenoxy) is 4. The highest BCUT2D eigenvalue weighted by atomic mass is 32.2. The van der Waals surface area contributed by atoms with Crippen molar-refractivity contribution in [3.8, 4) is 11.5 Å². The van der Waals surface area contributed by atoms with Crippen LogP contribution in [0.5, 0.6) is 11.5 Å². The van der Waals surface area contributed by atoms with E-state index >= 15 is 0 Å². The van der Waals surface area contributed by atoms with Gasteiger partial charge in [-0.25, -0.2) is 9.59 Å². The standard InChI is InChI=1S/C45H63N7O9S/c1-7-28-22-45(28,41(55)56)50-39(53)36-20-31(23-52(36)40(54)38(44(4,5)6)49-43(57)61-30-17-26-16-27(26)18-30)60-37-21-34(35-24-62-42(48-35)46-25(2)3)47-33-19-29(8-9-32(33)37)59-15-12-51-10-13-58-14-11-51/h8-9,19,21,25-28,30-31,35-36,38H,7,10-18,20,22-24H2,1-6H3,(H,46,48)(H,49,57)(H,50,53)(H,55,56)/t26-,27+,28-,30?,31-,35?,36+,38-,45?/m1/s1. The molecule has 3 aliphatic heterocycles. The van der Waals surface area contributed by atoms with Crippen molar-refractivity contribution in [3.05, 3.63) is 30.0 Å². The lowest BCUT2D eigenvalue weighted by atomic mass is 9.85. The van der Waals surface area contributed by atoms with Crippen LogP contribution in [0.1, 0.15) is 91.8 Å². The Morgan fingerprint density at radius 3 is 2.48 bits per heavy atom. The number of rotatable bonds is 15. The molecule has 3 amide bonds. The van der Waals surface area contributed by atoms with Gasteiger partial charge in [0.2, 0.25) is 11.8 Å². The fourth-order valence-electron chi connectivity index (χ4n) is 9.54. The van der Waals surface area contributed by atoms with Crippen molar-refractivity contribution in [1.82, 2.24) is 30.7 Å². The number of hydrogen-bond acceptors (Lipinski definition) is 13. The highest BCUT2D eigenvalue weighted by molar-refractivity contribution is 8.14. The molecule has 17 heteroatoms. The summed E-state index contributed by atoms with van der Waals surface area (Å²) >= 11 is 1.64. The van der Waals surface area contributed by atoms with Gasteiger partial charge in [-0.15, -0.1) is 0 Å². The summed E-state index contributed by atoms with van der Waals surface area (Å²) in [4.78, 5) is 68.8. The molecule has 0 bridgehead atoms. The summed E-state index contributed by atoms with van der Waals surface area (Å²) in [6.45, 7) is 16.1. The van der Waals surface area contributed by atoms with Gasteiger partial charge in [-0.05, 0) is 74.8 Å². The number of carboxylic acids is 1. The van der Waals surface area contributed by atoms with Crippen LogP contribution in [0.4, 0.5) is 4.79 Å². The SMILES string of the molecule is CC[C@@H]1CC1(NC(=O)[C@@H]1C[C@@H](Oc2cc(C3CSC(NC(C)C)=N3)nc3cc(OCCN4CCOCC4)ccc23)CN1C(=O)[C@@H](NC(=O)OC1C[C@@H]2C[C@@H]2C1)C(C)(C)C)C(=O)O. The molecule has 16 nitrogen and oxygen atoms in total. The van der Waals surface area contributed by atoms with E-state index in [0.29, 0.717) is 73.0 Å². The van der Waals surface area contributed by atoms with Gasteiger partial charge in [0.25, 0.3) is 0 Å². The van der Waals surface area contributed by atoms with Crippen LogP contribution in [0.15, 0.2) is 29.3 Å². The van der Waals surface area contributed by atoms with Gasteiger partial charge in [0.1, 0.15) is 54.0 Å². The van der Waals surface area contributed by atoms with Crippen LogP contribution in [-0.2, 0) is 23.9 Å². The van der Waals surface area contributed by atoms with Crippen molar-refractivity contribution in [2.24, 2.45) is 28.2 Å². The summed E-state index contributed by atoms with van der Waals surface area (Å²) < 4.78 is 24.4. The summed E-state index contributed by atoms with van der Waals surface area (Å²) in [5.74, 6) is 0.754. The lowest BCUT2D eigenvalue weighted by molar-refractivity contribution is -0.146. The van der Waals surface area contributed by atoms with Crippen LogP contribution in [0, 0.1) is 23.2 Å². The van der Waals surface area contributed by atoms with Crippen LogP contribution >= 0.6 is 11.8 Å². The number of amidine groups is 1. The smallest absolute Gasteiger partial charge is 0.408 e. The van der Waals surface area contributed by atoms with E-state index in [1.807, 2.05) is 52.0 Å². The number of fused-ring (bicyclic) bond motifs is 2. The van der Waals surface area contributed by atoms with Crippen molar-refractivity contribution >= 4 is 51.7 Å². The minimum absolute atomic E-state index is 0.0191. The first kappa shape index (κ1) is 44.3. The van der Waals surface area contributed by atoms with Crippen LogP contribution in [0.3, 0.4) is 0 Å².